The molecule has 0 saturated carbocycles. The second-order valence-corrected chi connectivity index (χ2v) is 8.98. The molecule has 0 unspecified atom stereocenters. The molecule has 0 amide bonds. The zero-order valence-electron chi connectivity index (χ0n) is 20.0. The molecule has 3 aromatic heterocycles. The molecule has 1 N–H and O–H groups in total. The molecule has 0 aliphatic carbocycles. The Morgan fingerprint density at radius 3 is 2.61 bits per heavy atom. The van der Waals surface area contributed by atoms with Gasteiger partial charge in [-0.15, -0.1) is 0 Å². The molecule has 0 aliphatic rings. The van der Waals surface area contributed by atoms with E-state index in [-0.39, 0.29) is 5.56 Å². The molecule has 0 spiro atoms. The van der Waals surface area contributed by atoms with Crippen LogP contribution >= 0.6 is 11.8 Å². The van der Waals surface area contributed by atoms with E-state index in [0.29, 0.717) is 40.3 Å². The molecule has 0 aliphatic heterocycles. The maximum atomic E-state index is 12.4. The minimum absolute atomic E-state index is 0.104. The second kappa shape index (κ2) is 10.7. The second-order valence-electron chi connectivity index (χ2n) is 8.04. The molecule has 0 fully saturated rings. The molecule has 0 saturated heterocycles. The van der Waals surface area contributed by atoms with Crippen LogP contribution in [0.4, 0.5) is 5.82 Å². The fourth-order valence-electron chi connectivity index (χ4n) is 3.93. The number of thioether (sulfide) groups is 1. The maximum absolute atomic E-state index is 12.4. The molecule has 8 nitrogen and oxygen atoms in total. The Morgan fingerprint density at radius 2 is 1.75 bits per heavy atom. The largest absolute Gasteiger partial charge is 0.493 e. The molecule has 3 heterocycles. The highest BCUT2D eigenvalue weighted by atomic mass is 32.2. The molecule has 9 heteroatoms. The van der Waals surface area contributed by atoms with E-state index in [1.165, 1.54) is 16.2 Å². The Bertz CT molecular complexity index is 1590. The first-order chi connectivity index (χ1) is 17.6. The molecule has 0 bridgehead atoms. The number of anilines is 1. The number of nitrogens with zero attached hydrogens (tertiary/aromatic N) is 4. The minimum Gasteiger partial charge on any atom is -0.493 e. The SMILES string of the molecule is COc1ccc(CCNc2nc(SCc3cc(=O)n4ccccc4n3)nc3ccccc23)cc1OC. The summed E-state index contributed by atoms with van der Waals surface area (Å²) in [6, 6.07) is 20.9. The fraction of sp³-hybridized carbons (Fsp3) is 0.185. The zero-order chi connectivity index (χ0) is 24.9. The van der Waals surface area contributed by atoms with Crippen LogP contribution in [-0.4, -0.2) is 40.1 Å². The van der Waals surface area contributed by atoms with E-state index in [4.69, 9.17) is 19.4 Å². The van der Waals surface area contributed by atoms with E-state index in [0.717, 1.165) is 28.7 Å². The lowest BCUT2D eigenvalue weighted by atomic mass is 10.1. The Balaban J connectivity index is 1.33. The van der Waals surface area contributed by atoms with Crippen molar-refractivity contribution in [3.8, 4) is 11.5 Å². The van der Waals surface area contributed by atoms with Gasteiger partial charge in [0.1, 0.15) is 11.5 Å². The van der Waals surface area contributed by atoms with Gasteiger partial charge in [-0.25, -0.2) is 15.0 Å². The van der Waals surface area contributed by atoms with Gasteiger partial charge in [0.2, 0.25) is 0 Å². The van der Waals surface area contributed by atoms with Crippen LogP contribution in [0.15, 0.2) is 82.9 Å². The summed E-state index contributed by atoms with van der Waals surface area (Å²) in [5, 5.41) is 5.05. The van der Waals surface area contributed by atoms with Crippen molar-refractivity contribution in [2.24, 2.45) is 0 Å². The predicted octanol–water partition coefficient (Wildman–Crippen LogP) is 4.60. The Labute approximate surface area is 212 Å². The predicted molar refractivity (Wildman–Crippen MR) is 142 cm³/mol. The van der Waals surface area contributed by atoms with E-state index >= 15 is 0 Å². The third-order valence-electron chi connectivity index (χ3n) is 5.71. The van der Waals surface area contributed by atoms with Gasteiger partial charge in [-0.1, -0.05) is 36.0 Å². The van der Waals surface area contributed by atoms with Crippen molar-refractivity contribution in [3.63, 3.8) is 0 Å². The average Bonchev–Trinajstić information content (AvgIpc) is 2.91. The topological polar surface area (TPSA) is 90.6 Å². The van der Waals surface area contributed by atoms with Crippen LogP contribution in [0.2, 0.25) is 0 Å². The third-order valence-corrected chi connectivity index (χ3v) is 6.59. The van der Waals surface area contributed by atoms with E-state index in [2.05, 4.69) is 10.3 Å². The monoisotopic (exact) mass is 499 g/mol. The summed E-state index contributed by atoms with van der Waals surface area (Å²) in [6.07, 6.45) is 2.50. The van der Waals surface area contributed by atoms with Gasteiger partial charge in [0, 0.05) is 29.9 Å². The summed E-state index contributed by atoms with van der Waals surface area (Å²) in [5.41, 5.74) is 3.19. The van der Waals surface area contributed by atoms with Gasteiger partial charge >= 0.3 is 0 Å². The molecule has 182 valence electrons. The normalized spacial score (nSPS) is 11.1. The quantitative estimate of drug-likeness (QED) is 0.232. The van der Waals surface area contributed by atoms with E-state index < -0.39 is 0 Å². The van der Waals surface area contributed by atoms with Crippen molar-refractivity contribution >= 4 is 34.1 Å². The number of rotatable bonds is 9. The van der Waals surface area contributed by atoms with Crippen molar-refractivity contribution in [2.75, 3.05) is 26.1 Å². The third kappa shape index (κ3) is 5.11. The summed E-state index contributed by atoms with van der Waals surface area (Å²) in [4.78, 5) is 26.5. The first-order valence-corrected chi connectivity index (χ1v) is 12.4. The number of benzene rings is 2. The molecular weight excluding hydrogens is 474 g/mol. The molecule has 2 aromatic carbocycles. The van der Waals surface area contributed by atoms with Gasteiger partial charge in [0.25, 0.3) is 5.56 Å². The number of ether oxygens (including phenoxy) is 2. The number of methoxy groups -OCH3 is 2. The molecule has 0 radical (unpaired) electrons. The van der Waals surface area contributed by atoms with Crippen LogP contribution < -0.4 is 20.3 Å². The summed E-state index contributed by atoms with van der Waals surface area (Å²) in [5.74, 6) is 2.68. The van der Waals surface area contributed by atoms with E-state index in [9.17, 15) is 4.79 Å². The lowest BCUT2D eigenvalue weighted by molar-refractivity contribution is 0.354. The lowest BCUT2D eigenvalue weighted by Crippen LogP contribution is -2.14. The first-order valence-electron chi connectivity index (χ1n) is 11.5. The lowest BCUT2D eigenvalue weighted by Gasteiger charge is -2.12. The standard InChI is InChI=1S/C27H25N5O3S/c1-34-22-11-10-18(15-23(22)35-2)12-13-28-26-20-7-3-4-8-21(20)30-27(31-26)36-17-19-16-25(33)32-14-6-5-9-24(32)29-19/h3-11,14-16H,12-13,17H2,1-2H3,(H,28,30,31). The van der Waals surface area contributed by atoms with Crippen molar-refractivity contribution in [2.45, 2.75) is 17.3 Å². The number of aromatic nitrogens is 4. The van der Waals surface area contributed by atoms with Crippen molar-refractivity contribution in [1.29, 1.82) is 0 Å². The van der Waals surface area contributed by atoms with Gasteiger partial charge in [-0.2, -0.15) is 0 Å². The van der Waals surface area contributed by atoms with Gasteiger partial charge in [0.05, 0.1) is 25.4 Å². The van der Waals surface area contributed by atoms with Crippen LogP contribution in [0.25, 0.3) is 16.6 Å². The number of fused-ring (bicyclic) bond motifs is 2. The summed E-state index contributed by atoms with van der Waals surface area (Å²) in [7, 11) is 3.26. The molecular formula is C27H25N5O3S. The maximum Gasteiger partial charge on any atom is 0.258 e. The Kier molecular flexibility index (Phi) is 6.99. The Hall–Kier alpha value is -4.11. The van der Waals surface area contributed by atoms with Crippen molar-refractivity contribution in [1.82, 2.24) is 19.4 Å². The molecule has 0 atom stereocenters. The number of nitrogens with one attached hydrogen (secondary N) is 1. The first kappa shape index (κ1) is 23.6. The Morgan fingerprint density at radius 1 is 0.917 bits per heavy atom. The molecule has 36 heavy (non-hydrogen) atoms. The van der Waals surface area contributed by atoms with Crippen LogP contribution in [-0.2, 0) is 12.2 Å². The summed E-state index contributed by atoms with van der Waals surface area (Å²) < 4.78 is 12.3. The van der Waals surface area contributed by atoms with Crippen LogP contribution in [0.5, 0.6) is 11.5 Å². The molecule has 5 aromatic rings. The number of pyridine rings is 1. The van der Waals surface area contributed by atoms with Crippen molar-refractivity contribution < 1.29 is 9.47 Å². The molecule has 5 rings (SSSR count). The average molecular weight is 500 g/mol. The highest BCUT2D eigenvalue weighted by Gasteiger charge is 2.10. The van der Waals surface area contributed by atoms with Gasteiger partial charge < -0.3 is 14.8 Å². The van der Waals surface area contributed by atoms with Gasteiger partial charge in [-0.3, -0.25) is 9.20 Å². The van der Waals surface area contributed by atoms with Gasteiger partial charge in [0.15, 0.2) is 16.7 Å². The summed E-state index contributed by atoms with van der Waals surface area (Å²) in [6.45, 7) is 0.684. The van der Waals surface area contributed by atoms with Gasteiger partial charge in [-0.05, 0) is 48.4 Å². The minimum atomic E-state index is -0.104. The fourth-order valence-corrected chi connectivity index (χ4v) is 4.68. The summed E-state index contributed by atoms with van der Waals surface area (Å²) >= 11 is 1.46. The van der Waals surface area contributed by atoms with E-state index in [1.807, 2.05) is 60.7 Å². The zero-order valence-corrected chi connectivity index (χ0v) is 20.8. The number of hydrogen-bond acceptors (Lipinski definition) is 8. The van der Waals surface area contributed by atoms with E-state index in [1.54, 1.807) is 26.5 Å². The smallest absolute Gasteiger partial charge is 0.258 e. The number of para-hydroxylation sites is 1. The highest BCUT2D eigenvalue weighted by Crippen LogP contribution is 2.28. The number of hydrogen-bond donors (Lipinski definition) is 1. The van der Waals surface area contributed by atoms with Crippen molar-refractivity contribution in [3.05, 3.63) is 94.5 Å². The highest BCUT2D eigenvalue weighted by molar-refractivity contribution is 7.98. The van der Waals surface area contributed by atoms with Crippen LogP contribution in [0.1, 0.15) is 11.3 Å². The van der Waals surface area contributed by atoms with Crippen LogP contribution in [0.3, 0.4) is 0 Å². The van der Waals surface area contributed by atoms with Crippen LogP contribution in [0, 0.1) is 0 Å².